The topological polar surface area (TPSA) is 35.6 Å². The van der Waals surface area contributed by atoms with Crippen LogP contribution in [0.4, 0.5) is 8.78 Å². The van der Waals surface area contributed by atoms with Gasteiger partial charge in [0.2, 0.25) is 0 Å². The van der Waals surface area contributed by atoms with Gasteiger partial charge < -0.3 is 10.2 Å². The molecular weight excluding hydrogens is 312 g/mol. The molecule has 0 spiro atoms. The molecule has 1 saturated heterocycles. The Morgan fingerprint density at radius 3 is 2.29 bits per heavy atom. The van der Waals surface area contributed by atoms with Crippen LogP contribution in [0.2, 0.25) is 0 Å². The summed E-state index contributed by atoms with van der Waals surface area (Å²) in [6.07, 6.45) is 0. The molecule has 1 fully saturated rings. The maximum atomic E-state index is 14.3. The molecule has 1 heterocycles. The monoisotopic (exact) mass is 339 g/mol. The fraction of sp³-hybridized carbons (Fsp3) is 0.611. The first-order valence-corrected chi connectivity index (χ1v) is 8.46. The molecule has 1 aromatic rings. The Bertz CT molecular complexity index is 528. The number of nitrogens with zero attached hydrogens (tertiary/aromatic N) is 2. The minimum absolute atomic E-state index is 0.0641. The maximum absolute atomic E-state index is 14.3. The Balaban J connectivity index is 1.97. The predicted molar refractivity (Wildman–Crippen MR) is 91.0 cm³/mol. The standard InChI is InChI=1S/C18H27F2N3O/c1-14(2)16(23-11-9-22(3)10-12-23)13-21-17(24)18(19,20)15-7-5-4-6-8-15/h4-8,14,16H,9-13H2,1-3H3,(H,21,24). The summed E-state index contributed by atoms with van der Waals surface area (Å²) in [5, 5.41) is 2.47. The number of carbonyl (C=O) groups excluding carboxylic acids is 1. The molecule has 24 heavy (non-hydrogen) atoms. The third-order valence-corrected chi connectivity index (χ3v) is 4.67. The largest absolute Gasteiger partial charge is 0.349 e. The average Bonchev–Trinajstić information content (AvgIpc) is 2.57. The number of halogens is 2. The first-order valence-electron chi connectivity index (χ1n) is 8.46. The number of likely N-dealkylation sites (N-methyl/N-ethyl adjacent to an activating group) is 1. The lowest BCUT2D eigenvalue weighted by molar-refractivity contribution is -0.147. The van der Waals surface area contributed by atoms with E-state index in [-0.39, 0.29) is 24.1 Å². The number of benzene rings is 1. The van der Waals surface area contributed by atoms with Gasteiger partial charge in [0.15, 0.2) is 0 Å². The van der Waals surface area contributed by atoms with Crippen LogP contribution < -0.4 is 5.32 Å². The summed E-state index contributed by atoms with van der Waals surface area (Å²) in [5.41, 5.74) is -0.275. The fourth-order valence-electron chi connectivity index (χ4n) is 3.03. The Hall–Kier alpha value is -1.53. The van der Waals surface area contributed by atoms with E-state index in [1.165, 1.54) is 24.3 Å². The molecule has 1 unspecified atom stereocenters. The van der Waals surface area contributed by atoms with Crippen LogP contribution in [0, 0.1) is 5.92 Å². The zero-order chi connectivity index (χ0) is 17.7. The molecule has 1 aliphatic rings. The second-order valence-corrected chi connectivity index (χ2v) is 6.80. The third kappa shape index (κ3) is 4.51. The van der Waals surface area contributed by atoms with E-state index in [0.717, 1.165) is 26.2 Å². The van der Waals surface area contributed by atoms with Gasteiger partial charge in [-0.1, -0.05) is 44.2 Å². The summed E-state index contributed by atoms with van der Waals surface area (Å²) >= 11 is 0. The van der Waals surface area contributed by atoms with Gasteiger partial charge in [0.25, 0.3) is 5.91 Å². The van der Waals surface area contributed by atoms with E-state index >= 15 is 0 Å². The molecule has 4 nitrogen and oxygen atoms in total. The van der Waals surface area contributed by atoms with Crippen molar-refractivity contribution in [1.82, 2.24) is 15.1 Å². The summed E-state index contributed by atoms with van der Waals surface area (Å²) in [6.45, 7) is 8.06. The molecule has 6 heteroatoms. The summed E-state index contributed by atoms with van der Waals surface area (Å²) in [4.78, 5) is 16.6. The quantitative estimate of drug-likeness (QED) is 0.863. The van der Waals surface area contributed by atoms with Gasteiger partial charge in [0, 0.05) is 44.3 Å². The number of amides is 1. The number of alkyl halides is 2. The molecule has 1 aromatic carbocycles. The van der Waals surface area contributed by atoms with Gasteiger partial charge in [0.1, 0.15) is 0 Å². The van der Waals surface area contributed by atoms with Crippen molar-refractivity contribution in [1.29, 1.82) is 0 Å². The predicted octanol–water partition coefficient (Wildman–Crippen LogP) is 2.17. The van der Waals surface area contributed by atoms with E-state index < -0.39 is 11.8 Å². The summed E-state index contributed by atoms with van der Waals surface area (Å²) < 4.78 is 28.5. The van der Waals surface area contributed by atoms with Crippen LogP contribution >= 0.6 is 0 Å². The Morgan fingerprint density at radius 2 is 1.75 bits per heavy atom. The molecule has 0 bridgehead atoms. The molecule has 0 radical (unpaired) electrons. The third-order valence-electron chi connectivity index (χ3n) is 4.67. The van der Waals surface area contributed by atoms with Gasteiger partial charge in [-0.15, -0.1) is 0 Å². The smallest absolute Gasteiger partial charge is 0.349 e. The molecule has 2 rings (SSSR count). The Labute approximate surface area is 142 Å². The Morgan fingerprint density at radius 1 is 1.17 bits per heavy atom. The van der Waals surface area contributed by atoms with Crippen molar-refractivity contribution in [3.63, 3.8) is 0 Å². The van der Waals surface area contributed by atoms with Gasteiger partial charge in [-0.05, 0) is 13.0 Å². The van der Waals surface area contributed by atoms with Crippen molar-refractivity contribution in [2.45, 2.75) is 25.8 Å². The highest BCUT2D eigenvalue weighted by atomic mass is 19.3. The number of hydrogen-bond donors (Lipinski definition) is 1. The van der Waals surface area contributed by atoms with Crippen molar-refractivity contribution >= 4 is 5.91 Å². The van der Waals surface area contributed by atoms with Crippen LogP contribution in [0.25, 0.3) is 0 Å². The van der Waals surface area contributed by atoms with Crippen molar-refractivity contribution in [3.05, 3.63) is 35.9 Å². The number of piperazine rings is 1. The minimum atomic E-state index is -3.51. The van der Waals surface area contributed by atoms with E-state index in [1.54, 1.807) is 6.07 Å². The Kier molecular flexibility index (Phi) is 6.29. The SMILES string of the molecule is CC(C)C(CNC(=O)C(F)(F)c1ccccc1)N1CCN(C)CC1. The van der Waals surface area contributed by atoms with Crippen LogP contribution in [-0.2, 0) is 10.7 Å². The number of rotatable bonds is 6. The second kappa shape index (κ2) is 8.03. The minimum Gasteiger partial charge on any atom is -0.349 e. The normalized spacial score (nSPS) is 18.6. The molecule has 1 N–H and O–H groups in total. The highest BCUT2D eigenvalue weighted by Crippen LogP contribution is 2.28. The lowest BCUT2D eigenvalue weighted by Crippen LogP contribution is -2.55. The van der Waals surface area contributed by atoms with E-state index in [4.69, 9.17) is 0 Å². The van der Waals surface area contributed by atoms with E-state index in [2.05, 4.69) is 36.0 Å². The van der Waals surface area contributed by atoms with Crippen molar-refractivity contribution < 1.29 is 13.6 Å². The van der Waals surface area contributed by atoms with Crippen molar-refractivity contribution in [3.8, 4) is 0 Å². The molecule has 1 amide bonds. The van der Waals surface area contributed by atoms with E-state index in [1.807, 2.05) is 0 Å². The van der Waals surface area contributed by atoms with Crippen molar-refractivity contribution in [2.24, 2.45) is 5.92 Å². The highest BCUT2D eigenvalue weighted by Gasteiger charge is 2.41. The second-order valence-electron chi connectivity index (χ2n) is 6.80. The highest BCUT2D eigenvalue weighted by molar-refractivity contribution is 5.84. The molecule has 0 aromatic heterocycles. The van der Waals surface area contributed by atoms with Gasteiger partial charge in [-0.3, -0.25) is 9.69 Å². The van der Waals surface area contributed by atoms with Crippen LogP contribution in [0.1, 0.15) is 19.4 Å². The van der Waals surface area contributed by atoms with Crippen LogP contribution in [0.3, 0.4) is 0 Å². The van der Waals surface area contributed by atoms with Crippen LogP contribution in [0.5, 0.6) is 0 Å². The first-order chi connectivity index (χ1) is 11.3. The number of hydrogen-bond acceptors (Lipinski definition) is 3. The van der Waals surface area contributed by atoms with Crippen molar-refractivity contribution in [2.75, 3.05) is 39.8 Å². The molecular formula is C18H27F2N3O. The van der Waals surface area contributed by atoms with Crippen LogP contribution in [0.15, 0.2) is 30.3 Å². The average molecular weight is 339 g/mol. The van der Waals surface area contributed by atoms with E-state index in [9.17, 15) is 13.6 Å². The molecule has 0 saturated carbocycles. The van der Waals surface area contributed by atoms with E-state index in [0.29, 0.717) is 0 Å². The van der Waals surface area contributed by atoms with Crippen LogP contribution in [-0.4, -0.2) is 61.5 Å². The maximum Gasteiger partial charge on any atom is 0.349 e. The van der Waals surface area contributed by atoms with Gasteiger partial charge in [0.05, 0.1) is 0 Å². The summed E-state index contributed by atoms with van der Waals surface area (Å²) in [5.74, 6) is -4.46. The summed E-state index contributed by atoms with van der Waals surface area (Å²) in [6, 6.07) is 7.30. The van der Waals surface area contributed by atoms with Gasteiger partial charge in [-0.25, -0.2) is 0 Å². The van der Waals surface area contributed by atoms with Gasteiger partial charge >= 0.3 is 5.92 Å². The number of nitrogens with one attached hydrogen (secondary N) is 1. The zero-order valence-corrected chi connectivity index (χ0v) is 14.6. The lowest BCUT2D eigenvalue weighted by atomic mass is 10.0. The fourth-order valence-corrected chi connectivity index (χ4v) is 3.03. The molecule has 1 atom stereocenters. The lowest BCUT2D eigenvalue weighted by Gasteiger charge is -2.40. The number of carbonyl (C=O) groups is 1. The first kappa shape index (κ1) is 18.8. The zero-order valence-electron chi connectivity index (χ0n) is 14.6. The summed E-state index contributed by atoms with van der Waals surface area (Å²) in [7, 11) is 2.07. The molecule has 0 aliphatic carbocycles. The van der Waals surface area contributed by atoms with Gasteiger partial charge in [-0.2, -0.15) is 8.78 Å². The molecule has 1 aliphatic heterocycles. The molecule has 134 valence electrons.